The molecule has 2 atom stereocenters. The van der Waals surface area contributed by atoms with Crippen LogP contribution in [0.2, 0.25) is 0 Å². The van der Waals surface area contributed by atoms with Gasteiger partial charge in [-0.1, -0.05) is 52.0 Å². The highest BCUT2D eigenvalue weighted by Gasteiger charge is 2.14. The monoisotopic (exact) mass is 394 g/mol. The first-order valence-electron chi connectivity index (χ1n) is 8.44. The Morgan fingerprint density at radius 3 is 2.04 bits per heavy atom. The average Bonchev–Trinajstić information content (AvgIpc) is 2.69. The number of ether oxygens (including phenoxy) is 1. The Hall–Kier alpha value is -2.87. The van der Waals surface area contributed by atoms with Gasteiger partial charge in [0.25, 0.3) is 0 Å². The number of allylic oxidation sites excluding steroid dienone is 6. The second kappa shape index (κ2) is 14.2. The lowest BCUT2D eigenvalue weighted by atomic mass is 9.92. The van der Waals surface area contributed by atoms with E-state index in [1.54, 1.807) is 6.92 Å². The molecule has 2 nitrogen and oxygen atoms in total. The highest BCUT2D eigenvalue weighted by molar-refractivity contribution is 5.44. The van der Waals surface area contributed by atoms with Crippen molar-refractivity contribution in [2.24, 2.45) is 11.8 Å². The zero-order chi connectivity index (χ0) is 22.4. The van der Waals surface area contributed by atoms with E-state index in [0.717, 1.165) is 0 Å². The number of rotatable bonds is 9. The summed E-state index contributed by atoms with van der Waals surface area (Å²) in [4.78, 5) is 0. The molecule has 0 spiro atoms. The summed E-state index contributed by atoms with van der Waals surface area (Å²) in [7, 11) is 1.40. The van der Waals surface area contributed by atoms with Crippen LogP contribution in [0.25, 0.3) is 0 Å². The molecule has 0 aliphatic heterocycles. The molecule has 0 aliphatic rings. The Balaban J connectivity index is 0. The Bertz CT molecular complexity index is 718. The lowest BCUT2D eigenvalue weighted by Crippen LogP contribution is -2.03. The van der Waals surface area contributed by atoms with Gasteiger partial charge in [0.05, 0.1) is 12.7 Å². The van der Waals surface area contributed by atoms with Crippen molar-refractivity contribution in [1.82, 2.24) is 0 Å². The summed E-state index contributed by atoms with van der Waals surface area (Å²) in [6.07, 6.45) is 2.37. The molecule has 0 fully saturated rings. The van der Waals surface area contributed by atoms with Crippen LogP contribution >= 0.6 is 0 Å². The van der Waals surface area contributed by atoms with E-state index in [9.17, 15) is 13.2 Å². The van der Waals surface area contributed by atoms with Crippen LogP contribution in [-0.4, -0.2) is 12.2 Å². The predicted molar refractivity (Wildman–Crippen MR) is 111 cm³/mol. The van der Waals surface area contributed by atoms with Crippen LogP contribution in [0, 0.1) is 23.7 Å². The summed E-state index contributed by atoms with van der Waals surface area (Å²) < 4.78 is 45.5. The minimum atomic E-state index is -1.48. The third-order valence-corrected chi connectivity index (χ3v) is 3.66. The second-order valence-corrected chi connectivity index (χ2v) is 5.89. The Labute approximate surface area is 166 Å². The van der Waals surface area contributed by atoms with E-state index in [2.05, 4.69) is 51.3 Å². The van der Waals surface area contributed by atoms with Crippen molar-refractivity contribution in [3.63, 3.8) is 0 Å². The molecule has 0 aliphatic carbocycles. The van der Waals surface area contributed by atoms with E-state index in [4.69, 9.17) is 9.84 Å². The molecule has 0 amide bonds. The third-order valence-electron chi connectivity index (χ3n) is 3.66. The Morgan fingerprint density at radius 1 is 1.04 bits per heavy atom. The molecule has 5 heteroatoms. The summed E-state index contributed by atoms with van der Waals surface area (Å²) in [5.41, 5.74) is -0.0562. The van der Waals surface area contributed by atoms with Crippen LogP contribution in [0.1, 0.15) is 26.7 Å². The second-order valence-electron chi connectivity index (χ2n) is 5.89. The van der Waals surface area contributed by atoms with Gasteiger partial charge in [-0.05, 0) is 24.3 Å². The highest BCUT2D eigenvalue weighted by atomic mass is 19.2. The average molecular weight is 394 g/mol. The summed E-state index contributed by atoms with van der Waals surface area (Å²) in [6.45, 7) is 23.1. The van der Waals surface area contributed by atoms with Gasteiger partial charge >= 0.3 is 0 Å². The van der Waals surface area contributed by atoms with Gasteiger partial charge in [0.1, 0.15) is 17.3 Å². The molecule has 2 unspecified atom stereocenters. The fraction of sp³-hybridized carbons (Fsp3) is 0.304. The van der Waals surface area contributed by atoms with Crippen LogP contribution in [0.5, 0.6) is 0 Å². The normalized spacial score (nSPS) is 13.4. The smallest absolute Gasteiger partial charge is 0.200 e. The van der Waals surface area contributed by atoms with E-state index < -0.39 is 23.2 Å². The lowest BCUT2D eigenvalue weighted by Gasteiger charge is -2.14. The topological polar surface area (TPSA) is 29.5 Å². The van der Waals surface area contributed by atoms with Gasteiger partial charge in [-0.2, -0.15) is 4.39 Å². The summed E-state index contributed by atoms with van der Waals surface area (Å²) in [6, 6.07) is 0. The Morgan fingerprint density at radius 2 is 1.57 bits per heavy atom. The molecule has 154 valence electrons. The number of aliphatic hydroxyl groups is 1. The molecule has 0 aromatic carbocycles. The maximum atomic E-state index is 14.0. The molecule has 1 N–H and O–H groups in total. The molecule has 0 radical (unpaired) electrons. The van der Waals surface area contributed by atoms with Gasteiger partial charge in [-0.3, -0.25) is 0 Å². The van der Waals surface area contributed by atoms with Crippen LogP contribution in [0.4, 0.5) is 13.2 Å². The first kappa shape index (κ1) is 27.3. The van der Waals surface area contributed by atoms with Gasteiger partial charge in [0.15, 0.2) is 5.83 Å². The minimum absolute atomic E-state index is 0.143. The number of hydrogen-bond acceptors (Lipinski definition) is 2. The van der Waals surface area contributed by atoms with Crippen molar-refractivity contribution < 1.29 is 23.0 Å². The SMILES string of the molecule is C=C.C=C(/C=C(/F)C(=C)C(C)CCC(C)C#CC(=C)/C(F)=C(/F)C(=C)O)OC. The number of aliphatic hydroxyl groups excluding tert-OH is 1. The van der Waals surface area contributed by atoms with Crippen LogP contribution in [0.15, 0.2) is 85.7 Å². The third kappa shape index (κ3) is 10.3. The fourth-order valence-electron chi connectivity index (χ4n) is 1.80. The standard InChI is InChI=1S/C21H25F3O2.C2H4/c1-13(9-11-15(3)20(23)21(24)18(6)25)8-10-14(2)17(5)19(22)12-16(4)26-7;1-2/h12-14,25H,3-6,8,10H2,1-2,7H3;1-2H2/b19-12+,21-20-;. The van der Waals surface area contributed by atoms with Gasteiger partial charge in [0, 0.05) is 12.0 Å². The molecule has 0 rings (SSSR count). The molecule has 0 heterocycles. The quantitative estimate of drug-likeness (QED) is 0.194. The maximum Gasteiger partial charge on any atom is 0.200 e. The fourth-order valence-corrected chi connectivity index (χ4v) is 1.80. The minimum Gasteiger partial charge on any atom is -0.505 e. The van der Waals surface area contributed by atoms with Gasteiger partial charge in [-0.25, -0.2) is 8.78 Å². The van der Waals surface area contributed by atoms with Crippen molar-refractivity contribution in [3.8, 4) is 11.8 Å². The van der Waals surface area contributed by atoms with E-state index in [-0.39, 0.29) is 23.2 Å². The van der Waals surface area contributed by atoms with Crippen LogP contribution in [0.3, 0.4) is 0 Å². The summed E-state index contributed by atoms with van der Waals surface area (Å²) in [5.74, 6) is 0.725. The van der Waals surface area contributed by atoms with Crippen molar-refractivity contribution in [3.05, 3.63) is 85.7 Å². The number of methoxy groups -OCH3 is 1. The zero-order valence-corrected chi connectivity index (χ0v) is 16.9. The van der Waals surface area contributed by atoms with E-state index >= 15 is 0 Å². The Kier molecular flexibility index (Phi) is 13.9. The van der Waals surface area contributed by atoms with Gasteiger partial charge in [-0.15, -0.1) is 13.2 Å². The predicted octanol–water partition coefficient (Wildman–Crippen LogP) is 7.19. The highest BCUT2D eigenvalue weighted by Crippen LogP contribution is 2.26. The molecule has 0 aromatic rings. The van der Waals surface area contributed by atoms with Gasteiger partial charge < -0.3 is 9.84 Å². The summed E-state index contributed by atoms with van der Waals surface area (Å²) >= 11 is 0. The van der Waals surface area contributed by atoms with Gasteiger partial charge in [0.2, 0.25) is 5.83 Å². The molecular formula is C23H29F3O2. The first-order valence-corrected chi connectivity index (χ1v) is 8.44. The molecule has 0 bridgehead atoms. The van der Waals surface area contributed by atoms with Crippen LogP contribution in [-0.2, 0) is 4.74 Å². The van der Waals surface area contributed by atoms with E-state index in [1.807, 2.05) is 6.92 Å². The lowest BCUT2D eigenvalue weighted by molar-refractivity contribution is 0.307. The molecule has 0 saturated carbocycles. The molecule has 0 saturated heterocycles. The van der Waals surface area contributed by atoms with Crippen molar-refractivity contribution in [2.75, 3.05) is 7.11 Å². The van der Waals surface area contributed by atoms with E-state index in [0.29, 0.717) is 18.4 Å². The maximum absolute atomic E-state index is 14.0. The zero-order valence-electron chi connectivity index (χ0n) is 16.9. The van der Waals surface area contributed by atoms with E-state index in [1.165, 1.54) is 13.2 Å². The molecule has 28 heavy (non-hydrogen) atoms. The number of hydrogen-bond donors (Lipinski definition) is 1. The molecular weight excluding hydrogens is 365 g/mol. The van der Waals surface area contributed by atoms with Crippen LogP contribution < -0.4 is 0 Å². The number of halogens is 3. The largest absolute Gasteiger partial charge is 0.505 e. The van der Waals surface area contributed by atoms with Crippen molar-refractivity contribution in [2.45, 2.75) is 26.7 Å². The molecule has 0 aromatic heterocycles. The summed E-state index contributed by atoms with van der Waals surface area (Å²) in [5, 5.41) is 8.82. The van der Waals surface area contributed by atoms with Crippen molar-refractivity contribution >= 4 is 0 Å². The first-order chi connectivity index (χ1) is 13.0. The van der Waals surface area contributed by atoms with Crippen molar-refractivity contribution in [1.29, 1.82) is 0 Å².